The van der Waals surface area contributed by atoms with Crippen molar-refractivity contribution in [2.24, 2.45) is 0 Å². The van der Waals surface area contributed by atoms with Gasteiger partial charge in [-0.1, -0.05) is 6.07 Å². The minimum Gasteiger partial charge on any atom is -0.326 e. The van der Waals surface area contributed by atoms with E-state index in [1.807, 2.05) is 53.4 Å². The maximum Gasteiger partial charge on any atom is 0.224 e. The highest BCUT2D eigenvalue weighted by Gasteiger charge is 2.03. The van der Waals surface area contributed by atoms with Gasteiger partial charge in [-0.05, 0) is 48.7 Å². The number of nitrogens with zero attached hydrogens (tertiary/aromatic N) is 3. The SMILES string of the molecule is O=C(CCCc1cccnc1)Nc1ccc(-n2ccnc2)cc1. The van der Waals surface area contributed by atoms with Crippen molar-refractivity contribution in [3.63, 3.8) is 0 Å². The van der Waals surface area contributed by atoms with Crippen LogP contribution in [-0.4, -0.2) is 20.4 Å². The lowest BCUT2D eigenvalue weighted by Gasteiger charge is -2.07. The van der Waals surface area contributed by atoms with Gasteiger partial charge in [0.25, 0.3) is 0 Å². The summed E-state index contributed by atoms with van der Waals surface area (Å²) in [6.45, 7) is 0. The molecule has 1 amide bonds. The van der Waals surface area contributed by atoms with Gasteiger partial charge in [0.2, 0.25) is 5.91 Å². The Morgan fingerprint density at radius 3 is 2.65 bits per heavy atom. The Morgan fingerprint density at radius 2 is 1.96 bits per heavy atom. The largest absolute Gasteiger partial charge is 0.326 e. The van der Waals surface area contributed by atoms with Gasteiger partial charge in [-0.2, -0.15) is 0 Å². The molecule has 0 bridgehead atoms. The van der Waals surface area contributed by atoms with E-state index in [9.17, 15) is 4.79 Å². The van der Waals surface area contributed by atoms with Crippen molar-refractivity contribution in [2.75, 3.05) is 5.32 Å². The van der Waals surface area contributed by atoms with Gasteiger partial charge >= 0.3 is 0 Å². The van der Waals surface area contributed by atoms with E-state index >= 15 is 0 Å². The molecule has 0 aliphatic heterocycles. The number of hydrogen-bond acceptors (Lipinski definition) is 3. The van der Waals surface area contributed by atoms with Gasteiger partial charge < -0.3 is 9.88 Å². The monoisotopic (exact) mass is 306 g/mol. The maximum absolute atomic E-state index is 12.0. The van der Waals surface area contributed by atoms with Crippen molar-refractivity contribution >= 4 is 11.6 Å². The van der Waals surface area contributed by atoms with E-state index in [0.29, 0.717) is 6.42 Å². The fourth-order valence-corrected chi connectivity index (χ4v) is 2.35. The van der Waals surface area contributed by atoms with Gasteiger partial charge in [0, 0.05) is 42.6 Å². The summed E-state index contributed by atoms with van der Waals surface area (Å²) in [5.41, 5.74) is 2.97. The predicted octanol–water partition coefficient (Wildman–Crippen LogP) is 3.23. The zero-order valence-electron chi connectivity index (χ0n) is 12.7. The summed E-state index contributed by atoms with van der Waals surface area (Å²) in [4.78, 5) is 20.1. The molecule has 0 aliphatic carbocycles. The van der Waals surface area contributed by atoms with Crippen molar-refractivity contribution in [3.8, 4) is 5.69 Å². The van der Waals surface area contributed by atoms with E-state index in [1.165, 1.54) is 0 Å². The minimum atomic E-state index is 0.0317. The molecule has 0 spiro atoms. The average Bonchev–Trinajstić information content (AvgIpc) is 3.11. The Bertz CT molecular complexity index is 736. The van der Waals surface area contributed by atoms with E-state index in [0.717, 1.165) is 29.8 Å². The number of aryl methyl sites for hydroxylation is 1. The van der Waals surface area contributed by atoms with Gasteiger partial charge in [0.15, 0.2) is 0 Å². The van der Waals surface area contributed by atoms with Crippen LogP contribution in [0.15, 0.2) is 67.5 Å². The lowest BCUT2D eigenvalue weighted by Crippen LogP contribution is -2.11. The molecule has 0 aliphatic rings. The number of benzene rings is 1. The second-order valence-electron chi connectivity index (χ2n) is 5.28. The first-order chi connectivity index (χ1) is 11.3. The first-order valence-corrected chi connectivity index (χ1v) is 7.58. The number of rotatable bonds is 6. The Balaban J connectivity index is 1.48. The second-order valence-corrected chi connectivity index (χ2v) is 5.28. The molecular formula is C18H18N4O. The van der Waals surface area contributed by atoms with Crippen LogP contribution in [0, 0.1) is 0 Å². The van der Waals surface area contributed by atoms with E-state index in [2.05, 4.69) is 15.3 Å². The first kappa shape index (κ1) is 15.0. The number of hydrogen-bond donors (Lipinski definition) is 1. The molecule has 1 aromatic carbocycles. The molecular weight excluding hydrogens is 288 g/mol. The maximum atomic E-state index is 12.0. The molecule has 0 atom stereocenters. The van der Waals surface area contributed by atoms with Crippen LogP contribution in [-0.2, 0) is 11.2 Å². The Morgan fingerprint density at radius 1 is 1.09 bits per heavy atom. The molecule has 5 heteroatoms. The van der Waals surface area contributed by atoms with Crippen LogP contribution < -0.4 is 5.32 Å². The van der Waals surface area contributed by atoms with Gasteiger partial charge in [-0.3, -0.25) is 9.78 Å². The topological polar surface area (TPSA) is 59.8 Å². The van der Waals surface area contributed by atoms with Gasteiger partial charge in [0.1, 0.15) is 0 Å². The number of anilines is 1. The van der Waals surface area contributed by atoms with Crippen LogP contribution >= 0.6 is 0 Å². The van der Waals surface area contributed by atoms with Crippen molar-refractivity contribution in [3.05, 3.63) is 73.1 Å². The summed E-state index contributed by atoms with van der Waals surface area (Å²) < 4.78 is 1.92. The van der Waals surface area contributed by atoms with E-state index in [-0.39, 0.29) is 5.91 Å². The second kappa shape index (κ2) is 7.35. The quantitative estimate of drug-likeness (QED) is 0.760. The molecule has 0 unspecified atom stereocenters. The van der Waals surface area contributed by atoms with E-state index < -0.39 is 0 Å². The number of carbonyl (C=O) groups excluding carboxylic acids is 1. The molecule has 0 saturated carbocycles. The summed E-state index contributed by atoms with van der Waals surface area (Å²) in [5, 5.41) is 2.92. The lowest BCUT2D eigenvalue weighted by molar-refractivity contribution is -0.116. The fourth-order valence-electron chi connectivity index (χ4n) is 2.35. The predicted molar refractivity (Wildman–Crippen MR) is 89.4 cm³/mol. The number of imidazole rings is 1. The van der Waals surface area contributed by atoms with Gasteiger partial charge in [-0.25, -0.2) is 4.98 Å². The van der Waals surface area contributed by atoms with Crippen molar-refractivity contribution < 1.29 is 4.79 Å². The van der Waals surface area contributed by atoms with Crippen LogP contribution in [0.3, 0.4) is 0 Å². The number of amides is 1. The summed E-state index contributed by atoms with van der Waals surface area (Å²) in [6.07, 6.45) is 11.1. The third-order valence-electron chi connectivity index (χ3n) is 3.55. The average molecular weight is 306 g/mol. The Hall–Kier alpha value is -2.95. The normalized spacial score (nSPS) is 10.4. The molecule has 2 aromatic heterocycles. The third-order valence-corrected chi connectivity index (χ3v) is 3.55. The van der Waals surface area contributed by atoms with E-state index in [4.69, 9.17) is 0 Å². The highest BCUT2D eigenvalue weighted by atomic mass is 16.1. The van der Waals surface area contributed by atoms with Crippen LogP contribution in [0.1, 0.15) is 18.4 Å². The molecule has 3 aromatic rings. The Kier molecular flexibility index (Phi) is 4.79. The number of pyridine rings is 1. The van der Waals surface area contributed by atoms with E-state index in [1.54, 1.807) is 18.7 Å². The molecule has 0 radical (unpaired) electrons. The molecule has 23 heavy (non-hydrogen) atoms. The standard InChI is InChI=1S/C18H18N4O/c23-18(5-1-3-15-4-2-10-19-13-15)21-16-6-8-17(9-7-16)22-12-11-20-14-22/h2,4,6-14H,1,3,5H2,(H,21,23). The first-order valence-electron chi connectivity index (χ1n) is 7.58. The van der Waals surface area contributed by atoms with Crippen LogP contribution in [0.5, 0.6) is 0 Å². The van der Waals surface area contributed by atoms with Crippen molar-refractivity contribution in [2.45, 2.75) is 19.3 Å². The van der Waals surface area contributed by atoms with Crippen LogP contribution in [0.4, 0.5) is 5.69 Å². The Labute approximate surface area is 135 Å². The summed E-state index contributed by atoms with van der Waals surface area (Å²) in [5.74, 6) is 0.0317. The summed E-state index contributed by atoms with van der Waals surface area (Å²) in [7, 11) is 0. The summed E-state index contributed by atoms with van der Waals surface area (Å²) in [6, 6.07) is 11.6. The highest BCUT2D eigenvalue weighted by Crippen LogP contribution is 2.13. The minimum absolute atomic E-state index is 0.0317. The number of aromatic nitrogens is 3. The molecule has 0 fully saturated rings. The third kappa shape index (κ3) is 4.26. The van der Waals surface area contributed by atoms with Crippen LogP contribution in [0.2, 0.25) is 0 Å². The van der Waals surface area contributed by atoms with Crippen molar-refractivity contribution in [1.82, 2.24) is 14.5 Å². The van der Waals surface area contributed by atoms with Gasteiger partial charge in [0.05, 0.1) is 6.33 Å². The molecule has 2 heterocycles. The van der Waals surface area contributed by atoms with Crippen LogP contribution in [0.25, 0.3) is 5.69 Å². The number of nitrogens with one attached hydrogen (secondary N) is 1. The molecule has 3 rings (SSSR count). The number of carbonyl (C=O) groups is 1. The zero-order valence-corrected chi connectivity index (χ0v) is 12.7. The summed E-state index contributed by atoms with van der Waals surface area (Å²) >= 11 is 0. The molecule has 1 N–H and O–H groups in total. The highest BCUT2D eigenvalue weighted by molar-refractivity contribution is 5.90. The fraction of sp³-hybridized carbons (Fsp3) is 0.167. The molecule has 5 nitrogen and oxygen atoms in total. The molecule has 0 saturated heterocycles. The molecule has 116 valence electrons. The smallest absolute Gasteiger partial charge is 0.224 e. The van der Waals surface area contributed by atoms with Gasteiger partial charge in [-0.15, -0.1) is 0 Å². The lowest BCUT2D eigenvalue weighted by atomic mass is 10.1. The zero-order chi connectivity index (χ0) is 15.9. The van der Waals surface area contributed by atoms with Crippen molar-refractivity contribution in [1.29, 1.82) is 0 Å².